The van der Waals surface area contributed by atoms with E-state index >= 15 is 0 Å². The first-order valence-corrected chi connectivity index (χ1v) is 9.14. The number of benzene rings is 2. The molecule has 6 heteroatoms. The quantitative estimate of drug-likeness (QED) is 0.459. The van der Waals surface area contributed by atoms with E-state index in [0.717, 1.165) is 47.1 Å². The molecule has 1 aliphatic heterocycles. The molecule has 1 atom stereocenters. The van der Waals surface area contributed by atoms with Crippen molar-refractivity contribution in [3.05, 3.63) is 52.1 Å². The van der Waals surface area contributed by atoms with Gasteiger partial charge in [0.15, 0.2) is 0 Å². The minimum absolute atomic E-state index is 0.359. The fourth-order valence-electron chi connectivity index (χ4n) is 3.50. The lowest BCUT2D eigenvalue weighted by molar-refractivity contribution is 0.0166. The lowest BCUT2D eigenvalue weighted by atomic mass is 9.87. The van der Waals surface area contributed by atoms with Gasteiger partial charge >= 0.3 is 6.16 Å². The van der Waals surface area contributed by atoms with Crippen LogP contribution in [0.5, 0.6) is 17.2 Å². The highest BCUT2D eigenvalue weighted by molar-refractivity contribution is 5.74. The molecule has 28 heavy (non-hydrogen) atoms. The largest absolute Gasteiger partial charge is 0.511 e. The van der Waals surface area contributed by atoms with Gasteiger partial charge in [-0.25, -0.2) is 4.79 Å². The Morgan fingerprint density at radius 1 is 1.18 bits per heavy atom. The molecule has 1 aliphatic rings. The van der Waals surface area contributed by atoms with Gasteiger partial charge in [0.05, 0.1) is 0 Å². The van der Waals surface area contributed by atoms with Gasteiger partial charge in [-0.15, -0.1) is 0 Å². The minimum atomic E-state index is -1.32. The average molecular weight is 384 g/mol. The third-order valence-electron chi connectivity index (χ3n) is 5.31. The number of aldehydes is 1. The second-order valence-electron chi connectivity index (χ2n) is 7.41. The van der Waals surface area contributed by atoms with Crippen molar-refractivity contribution >= 4 is 12.4 Å². The van der Waals surface area contributed by atoms with Gasteiger partial charge in [-0.1, -0.05) is 0 Å². The molecule has 0 saturated carbocycles. The number of hydrogen-bond acceptors (Lipinski definition) is 5. The number of fused-ring (bicyclic) bond motifs is 1. The first-order chi connectivity index (χ1) is 13.2. The van der Waals surface area contributed by atoms with Crippen LogP contribution in [0.15, 0.2) is 24.3 Å². The Bertz CT molecular complexity index is 916. The van der Waals surface area contributed by atoms with Crippen molar-refractivity contribution in [3.8, 4) is 17.2 Å². The van der Waals surface area contributed by atoms with Crippen molar-refractivity contribution in [1.82, 2.24) is 0 Å². The molecule has 6 nitrogen and oxygen atoms in total. The molecule has 3 rings (SSSR count). The Morgan fingerprint density at radius 2 is 1.86 bits per heavy atom. The van der Waals surface area contributed by atoms with Gasteiger partial charge < -0.3 is 19.3 Å². The van der Waals surface area contributed by atoms with Gasteiger partial charge in [0.1, 0.15) is 35.7 Å². The molecule has 0 amide bonds. The number of carboxylic acid groups (broad SMARTS) is 1. The summed E-state index contributed by atoms with van der Waals surface area (Å²) in [7, 11) is 0. The summed E-state index contributed by atoms with van der Waals surface area (Å²) in [5, 5.41) is 9.02. The third-order valence-corrected chi connectivity index (χ3v) is 5.31. The zero-order valence-corrected chi connectivity index (χ0v) is 16.5. The van der Waals surface area contributed by atoms with Crippen LogP contribution in [0.2, 0.25) is 0 Å². The highest BCUT2D eigenvalue weighted by atomic mass is 16.7. The second-order valence-corrected chi connectivity index (χ2v) is 7.41. The number of rotatable bonds is 5. The molecular formula is C22H24O6. The summed E-state index contributed by atoms with van der Waals surface area (Å²) in [6, 6.07) is 6.95. The van der Waals surface area contributed by atoms with Crippen LogP contribution in [0, 0.1) is 20.8 Å². The first kappa shape index (κ1) is 19.7. The predicted molar refractivity (Wildman–Crippen MR) is 104 cm³/mol. The first-order valence-electron chi connectivity index (χ1n) is 9.14. The van der Waals surface area contributed by atoms with Crippen LogP contribution in [-0.4, -0.2) is 29.8 Å². The van der Waals surface area contributed by atoms with E-state index in [0.29, 0.717) is 23.7 Å². The summed E-state index contributed by atoms with van der Waals surface area (Å²) >= 11 is 0. The van der Waals surface area contributed by atoms with E-state index in [1.165, 1.54) is 0 Å². The molecule has 0 fully saturated rings. The van der Waals surface area contributed by atoms with Crippen molar-refractivity contribution < 1.29 is 28.9 Å². The third kappa shape index (κ3) is 3.81. The van der Waals surface area contributed by atoms with Crippen molar-refractivity contribution in [2.45, 2.75) is 46.1 Å². The van der Waals surface area contributed by atoms with Crippen LogP contribution in [-0.2, 0) is 6.42 Å². The number of hydrogen-bond donors (Lipinski definition) is 1. The topological polar surface area (TPSA) is 82.1 Å². The zero-order valence-electron chi connectivity index (χ0n) is 16.5. The Labute approximate surface area is 164 Å². The standard InChI is InChI=1S/C22H24O6/c1-13-14(2)20-18(15(3)19(13)27-21(24)25)9-10-22(4,28-20)12-26-17-7-5-16(11-23)6-8-17/h5-8,11H,9-10,12H2,1-4H3,(H,24,25). The highest BCUT2D eigenvalue weighted by Gasteiger charge is 2.36. The van der Waals surface area contributed by atoms with Gasteiger partial charge in [0, 0.05) is 11.1 Å². The van der Waals surface area contributed by atoms with Crippen LogP contribution in [0.3, 0.4) is 0 Å². The summed E-state index contributed by atoms with van der Waals surface area (Å²) in [5.74, 6) is 1.85. The number of carbonyl (C=O) groups is 2. The molecule has 1 heterocycles. The van der Waals surface area contributed by atoms with E-state index < -0.39 is 11.8 Å². The molecule has 148 valence electrons. The summed E-state index contributed by atoms with van der Waals surface area (Å²) in [6.45, 7) is 7.97. The van der Waals surface area contributed by atoms with E-state index in [-0.39, 0.29) is 0 Å². The lowest BCUT2D eigenvalue weighted by Gasteiger charge is -2.37. The van der Waals surface area contributed by atoms with Crippen LogP contribution >= 0.6 is 0 Å². The Morgan fingerprint density at radius 3 is 2.46 bits per heavy atom. The molecule has 2 aromatic rings. The SMILES string of the molecule is Cc1c(C)c2c(c(C)c1OC(=O)O)CCC(C)(COc1ccc(C=O)cc1)O2. The van der Waals surface area contributed by atoms with Crippen LogP contribution in [0.25, 0.3) is 0 Å². The summed E-state index contributed by atoms with van der Waals surface area (Å²) < 4.78 is 17.3. The summed E-state index contributed by atoms with van der Waals surface area (Å²) in [4.78, 5) is 21.8. The van der Waals surface area contributed by atoms with Gasteiger partial charge in [-0.2, -0.15) is 0 Å². The summed E-state index contributed by atoms with van der Waals surface area (Å²) in [5.41, 5.74) is 3.49. The number of ether oxygens (including phenoxy) is 3. The fourth-order valence-corrected chi connectivity index (χ4v) is 3.50. The predicted octanol–water partition coefficient (Wildman–Crippen LogP) is 4.64. The van der Waals surface area contributed by atoms with Crippen LogP contribution in [0.4, 0.5) is 4.79 Å². The molecule has 0 aromatic heterocycles. The van der Waals surface area contributed by atoms with Crippen molar-refractivity contribution in [2.24, 2.45) is 0 Å². The molecule has 0 bridgehead atoms. The smallest absolute Gasteiger partial charge is 0.489 e. The second kappa shape index (κ2) is 7.54. The van der Waals surface area contributed by atoms with E-state index in [9.17, 15) is 9.59 Å². The maximum absolute atomic E-state index is 11.0. The monoisotopic (exact) mass is 384 g/mol. The Balaban J connectivity index is 1.82. The Hall–Kier alpha value is -3.02. The van der Waals surface area contributed by atoms with E-state index in [2.05, 4.69) is 0 Å². The van der Waals surface area contributed by atoms with E-state index in [1.807, 2.05) is 27.7 Å². The molecule has 1 unspecified atom stereocenters. The maximum Gasteiger partial charge on any atom is 0.511 e. The van der Waals surface area contributed by atoms with Crippen molar-refractivity contribution in [3.63, 3.8) is 0 Å². The van der Waals surface area contributed by atoms with E-state index in [1.54, 1.807) is 24.3 Å². The zero-order chi connectivity index (χ0) is 20.5. The van der Waals surface area contributed by atoms with Crippen molar-refractivity contribution in [2.75, 3.05) is 6.61 Å². The van der Waals surface area contributed by atoms with Crippen LogP contribution in [0.1, 0.15) is 46.0 Å². The average Bonchev–Trinajstić information content (AvgIpc) is 2.68. The molecule has 0 aliphatic carbocycles. The maximum atomic E-state index is 11.0. The number of carbonyl (C=O) groups excluding carboxylic acids is 1. The van der Waals surface area contributed by atoms with E-state index in [4.69, 9.17) is 19.3 Å². The van der Waals surface area contributed by atoms with Gasteiger partial charge in [-0.3, -0.25) is 4.79 Å². The Kier molecular flexibility index (Phi) is 5.31. The molecular weight excluding hydrogens is 360 g/mol. The molecule has 0 spiro atoms. The van der Waals surface area contributed by atoms with Gasteiger partial charge in [0.25, 0.3) is 0 Å². The fraction of sp³-hybridized carbons (Fsp3) is 0.364. The minimum Gasteiger partial charge on any atom is -0.489 e. The highest BCUT2D eigenvalue weighted by Crippen LogP contribution is 2.43. The molecule has 0 saturated heterocycles. The lowest BCUT2D eigenvalue weighted by Crippen LogP contribution is -2.42. The van der Waals surface area contributed by atoms with Crippen molar-refractivity contribution in [1.29, 1.82) is 0 Å². The van der Waals surface area contributed by atoms with Gasteiger partial charge in [-0.05, 0) is 81.5 Å². The molecule has 0 radical (unpaired) electrons. The summed E-state index contributed by atoms with van der Waals surface area (Å²) in [6.07, 6.45) is 0.938. The van der Waals surface area contributed by atoms with Gasteiger partial charge in [0.2, 0.25) is 0 Å². The van der Waals surface area contributed by atoms with Crippen LogP contribution < -0.4 is 14.2 Å². The normalized spacial score (nSPS) is 18.0. The molecule has 2 aromatic carbocycles. The molecule has 1 N–H and O–H groups in total.